The number of carbonyl (C=O) groups is 1. The normalized spacial score (nSPS) is 22.6. The zero-order valence-electron chi connectivity index (χ0n) is 10.9. The highest BCUT2D eigenvalue weighted by Crippen LogP contribution is 2.19. The van der Waals surface area contributed by atoms with Crippen LogP contribution in [0.2, 0.25) is 0 Å². The molecule has 2 saturated heterocycles. The van der Waals surface area contributed by atoms with Gasteiger partial charge in [-0.2, -0.15) is 0 Å². The Hall–Kier alpha value is -1.83. The molecule has 1 unspecified atom stereocenters. The fourth-order valence-electron chi connectivity index (χ4n) is 2.45. The summed E-state index contributed by atoms with van der Waals surface area (Å²) < 4.78 is 5.62. The molecular formula is C11H18N6O2. The van der Waals surface area contributed by atoms with Gasteiger partial charge in [0.15, 0.2) is 0 Å². The zero-order chi connectivity index (χ0) is 13.2. The van der Waals surface area contributed by atoms with Gasteiger partial charge in [-0.05, 0) is 6.54 Å². The Morgan fingerprint density at radius 3 is 3.21 bits per heavy atom. The molecule has 8 nitrogen and oxygen atoms in total. The van der Waals surface area contributed by atoms with Crippen molar-refractivity contribution in [1.82, 2.24) is 25.7 Å². The van der Waals surface area contributed by atoms with Gasteiger partial charge in [-0.25, -0.2) is 4.79 Å². The fourth-order valence-corrected chi connectivity index (χ4v) is 2.45. The van der Waals surface area contributed by atoms with Crippen LogP contribution < -0.4 is 15.5 Å². The van der Waals surface area contributed by atoms with Gasteiger partial charge in [0, 0.05) is 26.2 Å². The average molecular weight is 266 g/mol. The van der Waals surface area contributed by atoms with Gasteiger partial charge in [0.1, 0.15) is 0 Å². The minimum Gasteiger partial charge on any atom is -0.407 e. The molecular weight excluding hydrogens is 248 g/mol. The second-order valence-corrected chi connectivity index (χ2v) is 4.74. The van der Waals surface area contributed by atoms with Crippen molar-refractivity contribution in [3.05, 3.63) is 5.89 Å². The Morgan fingerprint density at radius 1 is 1.47 bits per heavy atom. The highest BCUT2D eigenvalue weighted by molar-refractivity contribution is 5.77. The number of aromatic nitrogens is 2. The molecule has 0 bridgehead atoms. The van der Waals surface area contributed by atoms with Crippen LogP contribution in [0, 0.1) is 0 Å². The van der Waals surface area contributed by atoms with Crippen molar-refractivity contribution in [3.8, 4) is 0 Å². The standard InChI is InChI=1S/C11H18N6O2/c1-2-12-6-9-14-15-11(19-9)16-3-4-17-8(7-16)5-13-10(17)18/h8,12H,2-7H2,1H3,(H,13,18). The lowest BCUT2D eigenvalue weighted by atomic mass is 10.2. The summed E-state index contributed by atoms with van der Waals surface area (Å²) in [5.41, 5.74) is 0. The molecule has 104 valence electrons. The lowest BCUT2D eigenvalue weighted by molar-refractivity contribution is 0.196. The van der Waals surface area contributed by atoms with Gasteiger partial charge in [0.25, 0.3) is 0 Å². The van der Waals surface area contributed by atoms with Crippen molar-refractivity contribution in [2.75, 3.05) is 37.6 Å². The number of nitrogens with zero attached hydrogens (tertiary/aromatic N) is 4. The molecule has 0 radical (unpaired) electrons. The maximum absolute atomic E-state index is 11.5. The number of anilines is 1. The molecule has 1 aromatic heterocycles. The summed E-state index contributed by atoms with van der Waals surface area (Å²) in [4.78, 5) is 15.4. The molecule has 2 amide bonds. The number of hydrogen-bond acceptors (Lipinski definition) is 6. The molecule has 8 heteroatoms. The van der Waals surface area contributed by atoms with Crippen molar-refractivity contribution < 1.29 is 9.21 Å². The van der Waals surface area contributed by atoms with Crippen LogP contribution >= 0.6 is 0 Å². The highest BCUT2D eigenvalue weighted by Gasteiger charge is 2.36. The van der Waals surface area contributed by atoms with Crippen LogP contribution in [0.3, 0.4) is 0 Å². The largest absolute Gasteiger partial charge is 0.407 e. The highest BCUT2D eigenvalue weighted by atomic mass is 16.4. The van der Waals surface area contributed by atoms with E-state index in [-0.39, 0.29) is 12.1 Å². The molecule has 1 atom stereocenters. The van der Waals surface area contributed by atoms with E-state index in [1.165, 1.54) is 0 Å². The molecule has 0 aromatic carbocycles. The summed E-state index contributed by atoms with van der Waals surface area (Å²) in [7, 11) is 0. The van der Waals surface area contributed by atoms with E-state index in [2.05, 4.69) is 20.8 Å². The molecule has 19 heavy (non-hydrogen) atoms. The van der Waals surface area contributed by atoms with Crippen LogP contribution in [0.4, 0.5) is 10.8 Å². The first-order chi connectivity index (χ1) is 9.28. The molecule has 0 aliphatic carbocycles. The van der Waals surface area contributed by atoms with Gasteiger partial charge in [0.2, 0.25) is 5.89 Å². The van der Waals surface area contributed by atoms with E-state index in [1.54, 1.807) is 0 Å². The summed E-state index contributed by atoms with van der Waals surface area (Å²) >= 11 is 0. The van der Waals surface area contributed by atoms with Crippen LogP contribution in [0.15, 0.2) is 4.42 Å². The number of carbonyl (C=O) groups excluding carboxylic acids is 1. The summed E-state index contributed by atoms with van der Waals surface area (Å²) in [6, 6.07) is 0.778. The maximum Gasteiger partial charge on any atom is 0.318 e. The van der Waals surface area contributed by atoms with Crippen molar-refractivity contribution in [3.63, 3.8) is 0 Å². The molecule has 2 N–H and O–H groups in total. The predicted octanol–water partition coefficient (Wildman–Crippen LogP) is -0.607. The van der Waals surface area contributed by atoms with E-state index in [4.69, 9.17) is 4.42 Å². The topological polar surface area (TPSA) is 86.5 Å². The van der Waals surface area contributed by atoms with E-state index < -0.39 is 0 Å². The second kappa shape index (κ2) is 5.04. The summed E-state index contributed by atoms with van der Waals surface area (Å²) in [5.74, 6) is 0.597. The number of hydrogen-bond donors (Lipinski definition) is 2. The van der Waals surface area contributed by atoms with Crippen molar-refractivity contribution in [2.24, 2.45) is 0 Å². The maximum atomic E-state index is 11.5. The van der Waals surface area contributed by atoms with Crippen molar-refractivity contribution in [2.45, 2.75) is 19.5 Å². The van der Waals surface area contributed by atoms with Gasteiger partial charge < -0.3 is 24.9 Å². The molecule has 0 saturated carbocycles. The lowest BCUT2D eigenvalue weighted by Gasteiger charge is -2.35. The third-order valence-electron chi connectivity index (χ3n) is 3.49. The second-order valence-electron chi connectivity index (χ2n) is 4.74. The quantitative estimate of drug-likeness (QED) is 0.756. The number of amides is 2. The number of urea groups is 1. The summed E-state index contributed by atoms with van der Waals surface area (Å²) in [6.45, 7) is 6.34. The molecule has 3 rings (SSSR count). The monoisotopic (exact) mass is 266 g/mol. The number of rotatable bonds is 4. The first-order valence-corrected chi connectivity index (χ1v) is 6.60. The third kappa shape index (κ3) is 2.35. The Kier molecular flexibility index (Phi) is 3.24. The number of fused-ring (bicyclic) bond motifs is 1. The molecule has 3 heterocycles. The van der Waals surface area contributed by atoms with Crippen LogP contribution in [0.1, 0.15) is 12.8 Å². The first-order valence-electron chi connectivity index (χ1n) is 6.60. The van der Waals surface area contributed by atoms with Crippen LogP contribution in [0.5, 0.6) is 0 Å². The van der Waals surface area contributed by atoms with Gasteiger partial charge >= 0.3 is 12.0 Å². The van der Waals surface area contributed by atoms with E-state index >= 15 is 0 Å². The predicted molar refractivity (Wildman–Crippen MR) is 67.8 cm³/mol. The van der Waals surface area contributed by atoms with Gasteiger partial charge in [-0.15, -0.1) is 5.10 Å². The summed E-state index contributed by atoms with van der Waals surface area (Å²) in [6.07, 6.45) is 0. The van der Waals surface area contributed by atoms with E-state index in [0.717, 1.165) is 19.6 Å². The Labute approximate surface area is 111 Å². The number of nitrogens with one attached hydrogen (secondary N) is 2. The lowest BCUT2D eigenvalue weighted by Crippen LogP contribution is -2.52. The molecule has 0 spiro atoms. The smallest absolute Gasteiger partial charge is 0.318 e. The third-order valence-corrected chi connectivity index (χ3v) is 3.49. The Balaban J connectivity index is 1.63. The SMILES string of the molecule is CCNCc1nnc(N2CCN3C(=O)NCC3C2)o1. The van der Waals surface area contributed by atoms with Gasteiger partial charge in [0.05, 0.1) is 12.6 Å². The van der Waals surface area contributed by atoms with Gasteiger partial charge in [-0.3, -0.25) is 0 Å². The van der Waals surface area contributed by atoms with Gasteiger partial charge in [-0.1, -0.05) is 12.0 Å². The summed E-state index contributed by atoms with van der Waals surface area (Å²) in [5, 5.41) is 14.1. The van der Waals surface area contributed by atoms with Crippen molar-refractivity contribution >= 4 is 12.0 Å². The zero-order valence-corrected chi connectivity index (χ0v) is 10.9. The molecule has 1 aromatic rings. The molecule has 2 aliphatic heterocycles. The van der Waals surface area contributed by atoms with Crippen LogP contribution in [-0.2, 0) is 6.54 Å². The Morgan fingerprint density at radius 2 is 2.37 bits per heavy atom. The van der Waals surface area contributed by atoms with E-state index in [0.29, 0.717) is 31.5 Å². The Bertz CT molecular complexity index is 462. The fraction of sp³-hybridized carbons (Fsp3) is 0.727. The average Bonchev–Trinajstić information content (AvgIpc) is 3.04. The number of piperazine rings is 1. The van der Waals surface area contributed by atoms with E-state index in [1.807, 2.05) is 16.7 Å². The molecule has 2 fully saturated rings. The molecule has 2 aliphatic rings. The van der Waals surface area contributed by atoms with Crippen LogP contribution in [0.25, 0.3) is 0 Å². The van der Waals surface area contributed by atoms with E-state index in [9.17, 15) is 4.79 Å². The first kappa shape index (κ1) is 12.2. The van der Waals surface area contributed by atoms with Crippen LogP contribution in [-0.4, -0.2) is 59.9 Å². The van der Waals surface area contributed by atoms with Crippen molar-refractivity contribution in [1.29, 1.82) is 0 Å². The minimum atomic E-state index is 0.0306. The minimum absolute atomic E-state index is 0.0306.